The Balaban J connectivity index is 1.50. The highest BCUT2D eigenvalue weighted by molar-refractivity contribution is 7.10. The van der Waals surface area contributed by atoms with Crippen LogP contribution < -0.4 is 10.6 Å². The molecule has 1 saturated heterocycles. The lowest BCUT2D eigenvalue weighted by molar-refractivity contribution is -0.110. The first-order valence-corrected chi connectivity index (χ1v) is 12.0. The Bertz CT molecular complexity index is 1280. The molecule has 0 aliphatic carbocycles. The van der Waals surface area contributed by atoms with E-state index in [0.29, 0.717) is 22.7 Å². The van der Waals surface area contributed by atoms with Crippen LogP contribution in [0, 0.1) is 13.8 Å². The normalized spacial score (nSPS) is 17.3. The lowest BCUT2D eigenvalue weighted by atomic mass is 9.99. The Hall–Kier alpha value is -3.23. The molecular weight excluding hydrogens is 436 g/mol. The van der Waals surface area contributed by atoms with Gasteiger partial charge in [0.15, 0.2) is 0 Å². The van der Waals surface area contributed by atoms with Crippen LogP contribution in [-0.2, 0) is 9.53 Å². The van der Waals surface area contributed by atoms with E-state index in [-0.39, 0.29) is 5.91 Å². The molecule has 8 heteroatoms. The Morgan fingerprint density at radius 3 is 2.79 bits per heavy atom. The van der Waals surface area contributed by atoms with Gasteiger partial charge in [-0.25, -0.2) is 9.78 Å². The molecule has 2 aromatic heterocycles. The quantitative estimate of drug-likeness (QED) is 0.392. The molecule has 0 unspecified atom stereocenters. The van der Waals surface area contributed by atoms with Gasteiger partial charge >= 0.3 is 5.97 Å². The Labute approximate surface area is 196 Å². The number of rotatable bonds is 4. The minimum absolute atomic E-state index is 0.165. The van der Waals surface area contributed by atoms with Crippen molar-refractivity contribution >= 4 is 40.5 Å². The molecule has 170 valence electrons. The fourth-order valence-corrected chi connectivity index (χ4v) is 5.64. The minimum atomic E-state index is -0.391. The van der Waals surface area contributed by atoms with Crippen molar-refractivity contribution in [2.45, 2.75) is 32.6 Å². The Kier molecular flexibility index (Phi) is 5.64. The molecule has 1 aromatic carbocycles. The van der Waals surface area contributed by atoms with E-state index in [1.807, 2.05) is 32.0 Å². The van der Waals surface area contributed by atoms with Gasteiger partial charge in [0, 0.05) is 39.5 Å². The number of amides is 1. The number of esters is 1. The zero-order valence-electron chi connectivity index (χ0n) is 18.9. The number of aromatic amines is 1. The number of nitrogens with zero attached hydrogens (tertiary/aromatic N) is 1. The highest BCUT2D eigenvalue weighted by Crippen LogP contribution is 2.38. The summed E-state index contributed by atoms with van der Waals surface area (Å²) in [6.45, 7) is 5.75. The maximum Gasteiger partial charge on any atom is 0.339 e. The summed E-state index contributed by atoms with van der Waals surface area (Å²) in [4.78, 5) is 33.1. The number of piperidine rings is 1. The van der Waals surface area contributed by atoms with E-state index < -0.39 is 5.97 Å². The average Bonchev–Trinajstić information content (AvgIpc) is 3.51. The van der Waals surface area contributed by atoms with E-state index in [2.05, 4.69) is 21.0 Å². The van der Waals surface area contributed by atoms with Crippen molar-refractivity contribution in [1.82, 2.24) is 15.3 Å². The summed E-state index contributed by atoms with van der Waals surface area (Å²) in [5, 5.41) is 9.63. The number of benzene rings is 1. The van der Waals surface area contributed by atoms with Crippen molar-refractivity contribution in [3.63, 3.8) is 0 Å². The topological polar surface area (TPSA) is 96.1 Å². The smallest absolute Gasteiger partial charge is 0.339 e. The number of fused-ring (bicyclic) bond motifs is 1. The Morgan fingerprint density at radius 1 is 1.24 bits per heavy atom. The van der Waals surface area contributed by atoms with Crippen molar-refractivity contribution in [2.24, 2.45) is 0 Å². The van der Waals surface area contributed by atoms with Gasteiger partial charge in [0.05, 0.1) is 28.9 Å². The molecule has 7 nitrogen and oxygen atoms in total. The van der Waals surface area contributed by atoms with Crippen LogP contribution in [0.15, 0.2) is 23.6 Å². The lowest BCUT2D eigenvalue weighted by Gasteiger charge is -2.20. The number of thiazole rings is 1. The molecule has 3 N–H and O–H groups in total. The van der Waals surface area contributed by atoms with Gasteiger partial charge in [-0.1, -0.05) is 6.07 Å². The first kappa shape index (κ1) is 21.6. The summed E-state index contributed by atoms with van der Waals surface area (Å²) in [6, 6.07) is 5.95. The van der Waals surface area contributed by atoms with Gasteiger partial charge in [-0.05, 0) is 63.6 Å². The van der Waals surface area contributed by atoms with Gasteiger partial charge < -0.3 is 20.4 Å². The van der Waals surface area contributed by atoms with E-state index in [1.54, 1.807) is 17.4 Å². The number of hydrogen-bond donors (Lipinski definition) is 3. The third kappa shape index (κ3) is 3.89. The lowest BCUT2D eigenvalue weighted by Crippen LogP contribution is -2.26. The van der Waals surface area contributed by atoms with Crippen LogP contribution in [0.5, 0.6) is 0 Å². The maximum atomic E-state index is 12.8. The van der Waals surface area contributed by atoms with Crippen molar-refractivity contribution in [3.05, 3.63) is 56.7 Å². The van der Waals surface area contributed by atoms with Crippen molar-refractivity contribution in [1.29, 1.82) is 0 Å². The summed E-state index contributed by atoms with van der Waals surface area (Å²) < 4.78 is 4.90. The first-order chi connectivity index (χ1) is 16.0. The van der Waals surface area contributed by atoms with Crippen LogP contribution in [0.2, 0.25) is 0 Å². The highest BCUT2D eigenvalue weighted by Gasteiger charge is 2.27. The second kappa shape index (κ2) is 8.61. The number of hydrogen-bond acceptors (Lipinski definition) is 6. The summed E-state index contributed by atoms with van der Waals surface area (Å²) in [5.41, 5.74) is 6.79. The number of ether oxygens (including phenoxy) is 1. The monoisotopic (exact) mass is 462 g/mol. The van der Waals surface area contributed by atoms with E-state index in [9.17, 15) is 9.59 Å². The van der Waals surface area contributed by atoms with Gasteiger partial charge in [-0.15, -0.1) is 11.3 Å². The van der Waals surface area contributed by atoms with Crippen LogP contribution in [0.25, 0.3) is 22.9 Å². The minimum Gasteiger partial charge on any atom is -0.465 e. The molecule has 0 saturated carbocycles. The summed E-state index contributed by atoms with van der Waals surface area (Å²) in [7, 11) is 1.36. The predicted octanol–water partition coefficient (Wildman–Crippen LogP) is 4.50. The largest absolute Gasteiger partial charge is 0.465 e. The second-order valence-electron chi connectivity index (χ2n) is 8.52. The van der Waals surface area contributed by atoms with E-state index >= 15 is 0 Å². The maximum absolute atomic E-state index is 12.8. The van der Waals surface area contributed by atoms with E-state index in [0.717, 1.165) is 59.7 Å². The van der Waals surface area contributed by atoms with Crippen LogP contribution in [0.4, 0.5) is 5.69 Å². The van der Waals surface area contributed by atoms with Gasteiger partial charge in [-0.3, -0.25) is 4.79 Å². The van der Waals surface area contributed by atoms with Gasteiger partial charge in [0.2, 0.25) is 0 Å². The van der Waals surface area contributed by atoms with E-state index in [4.69, 9.17) is 9.72 Å². The number of nitrogens with one attached hydrogen (secondary N) is 3. The number of H-pyrrole nitrogens is 1. The zero-order chi connectivity index (χ0) is 23.1. The summed E-state index contributed by atoms with van der Waals surface area (Å²) in [6.07, 6.45) is 4.04. The molecule has 4 heterocycles. The molecule has 5 rings (SSSR count). The van der Waals surface area contributed by atoms with Gasteiger partial charge in [0.1, 0.15) is 0 Å². The van der Waals surface area contributed by atoms with Crippen molar-refractivity contribution < 1.29 is 14.3 Å². The first-order valence-electron chi connectivity index (χ1n) is 11.1. The molecule has 0 radical (unpaired) electrons. The Morgan fingerprint density at radius 2 is 2.03 bits per heavy atom. The molecular formula is C25H26N4O3S. The molecule has 2 aliphatic rings. The number of aryl methyl sites for hydroxylation is 1. The molecule has 0 bridgehead atoms. The number of anilines is 1. The SMILES string of the molecule is COC(=O)c1c(C)[nH]c(/C=C2\C(=O)Nc3ccc(-c4csc(C5CCNCC5)n4)cc32)c1C. The standard InChI is InChI=1S/C25H26N4O3S/c1-13-20(27-14(2)22(13)25(31)32-3)11-18-17-10-16(4-5-19(17)28-23(18)30)21-12-33-24(29-21)15-6-8-26-9-7-15/h4-5,10-12,15,26-27H,6-9H2,1-3H3,(H,28,30)/b18-11-. The summed E-state index contributed by atoms with van der Waals surface area (Å²) in [5.74, 6) is -0.0409. The third-order valence-electron chi connectivity index (χ3n) is 6.46. The fraction of sp³-hybridized carbons (Fsp3) is 0.320. The van der Waals surface area contributed by atoms with E-state index in [1.165, 1.54) is 12.1 Å². The number of aromatic nitrogens is 2. The van der Waals surface area contributed by atoms with Crippen LogP contribution in [-0.4, -0.2) is 42.0 Å². The molecule has 1 amide bonds. The highest BCUT2D eigenvalue weighted by atomic mass is 32.1. The number of methoxy groups -OCH3 is 1. The molecule has 33 heavy (non-hydrogen) atoms. The summed E-state index contributed by atoms with van der Waals surface area (Å²) >= 11 is 1.71. The number of carbonyl (C=O) groups excluding carboxylic acids is 2. The van der Waals surface area contributed by atoms with Crippen LogP contribution >= 0.6 is 11.3 Å². The van der Waals surface area contributed by atoms with Crippen molar-refractivity contribution in [2.75, 3.05) is 25.5 Å². The average molecular weight is 463 g/mol. The fourth-order valence-electron chi connectivity index (χ4n) is 4.64. The molecule has 0 spiro atoms. The molecule has 1 fully saturated rings. The predicted molar refractivity (Wildman–Crippen MR) is 131 cm³/mol. The molecule has 0 atom stereocenters. The molecule has 2 aliphatic heterocycles. The second-order valence-corrected chi connectivity index (χ2v) is 9.41. The van der Waals surface area contributed by atoms with Crippen LogP contribution in [0.3, 0.4) is 0 Å². The molecule has 3 aromatic rings. The van der Waals surface area contributed by atoms with Gasteiger partial charge in [-0.2, -0.15) is 0 Å². The third-order valence-corrected chi connectivity index (χ3v) is 7.47. The van der Waals surface area contributed by atoms with Crippen LogP contribution in [0.1, 0.15) is 56.6 Å². The zero-order valence-corrected chi connectivity index (χ0v) is 19.7. The number of carbonyl (C=O) groups is 2. The van der Waals surface area contributed by atoms with Crippen molar-refractivity contribution in [3.8, 4) is 11.3 Å². The van der Waals surface area contributed by atoms with Gasteiger partial charge in [0.25, 0.3) is 5.91 Å².